The van der Waals surface area contributed by atoms with Crippen LogP contribution in [0.4, 0.5) is 0 Å². The predicted molar refractivity (Wildman–Crippen MR) is 84.0 cm³/mol. The third-order valence-corrected chi connectivity index (χ3v) is 3.73. The first-order valence-electron chi connectivity index (χ1n) is 7.61. The highest BCUT2D eigenvalue weighted by Gasteiger charge is 2.30. The van der Waals surface area contributed by atoms with Gasteiger partial charge in [0.2, 0.25) is 0 Å². The van der Waals surface area contributed by atoms with E-state index in [0.29, 0.717) is 6.10 Å². The molecular weight excluding hydrogens is 248 g/mol. The van der Waals surface area contributed by atoms with Gasteiger partial charge in [-0.05, 0) is 51.9 Å². The van der Waals surface area contributed by atoms with Crippen molar-refractivity contribution in [3.8, 4) is 0 Å². The Morgan fingerprint density at radius 2 is 1.90 bits per heavy atom. The lowest BCUT2D eigenvalue weighted by Gasteiger charge is -2.41. The molecule has 1 N–H and O–H groups in total. The summed E-state index contributed by atoms with van der Waals surface area (Å²) in [5, 5.41) is 3.19. The molecule has 1 aliphatic rings. The van der Waals surface area contributed by atoms with Crippen LogP contribution in [0.5, 0.6) is 0 Å². The Labute approximate surface area is 123 Å². The maximum atomic E-state index is 5.96. The van der Waals surface area contributed by atoms with Crippen LogP contribution in [0.25, 0.3) is 0 Å². The number of likely N-dealkylation sites (N-methyl/N-ethyl adjacent to an activating group) is 1. The van der Waals surface area contributed by atoms with Gasteiger partial charge in [-0.15, -0.1) is 0 Å². The second-order valence-electron chi connectivity index (χ2n) is 6.53. The number of nitrogens with zero attached hydrogens (tertiary/aromatic N) is 1. The van der Waals surface area contributed by atoms with Gasteiger partial charge < -0.3 is 10.1 Å². The zero-order valence-electron chi connectivity index (χ0n) is 13.3. The standard InChI is InChI=1S/C17H28N2O/c1-14-11-19(13-17(2,3)20-14)12-16-7-5-15(6-8-16)9-10-18-4/h5-8,14,18H,9-13H2,1-4H3. The number of ether oxygens (including phenoxy) is 1. The van der Waals surface area contributed by atoms with Crippen LogP contribution in [0.3, 0.4) is 0 Å². The largest absolute Gasteiger partial charge is 0.370 e. The number of hydrogen-bond donors (Lipinski definition) is 1. The summed E-state index contributed by atoms with van der Waals surface area (Å²) in [5.74, 6) is 0. The number of nitrogens with one attached hydrogen (secondary N) is 1. The number of rotatable bonds is 5. The van der Waals surface area contributed by atoms with Gasteiger partial charge in [-0.25, -0.2) is 0 Å². The highest BCUT2D eigenvalue weighted by molar-refractivity contribution is 5.22. The minimum Gasteiger partial charge on any atom is -0.370 e. The van der Waals surface area contributed by atoms with Crippen molar-refractivity contribution < 1.29 is 4.74 Å². The Kier molecular flexibility index (Phi) is 5.19. The summed E-state index contributed by atoms with van der Waals surface area (Å²) in [6.45, 7) is 10.6. The van der Waals surface area contributed by atoms with Crippen molar-refractivity contribution in [3.05, 3.63) is 35.4 Å². The molecule has 0 saturated carbocycles. The van der Waals surface area contributed by atoms with Crippen molar-refractivity contribution in [3.63, 3.8) is 0 Å². The van der Waals surface area contributed by atoms with E-state index in [-0.39, 0.29) is 5.60 Å². The smallest absolute Gasteiger partial charge is 0.0757 e. The molecule has 0 spiro atoms. The molecule has 3 nitrogen and oxygen atoms in total. The molecule has 1 unspecified atom stereocenters. The summed E-state index contributed by atoms with van der Waals surface area (Å²) >= 11 is 0. The molecule has 1 aliphatic heterocycles. The van der Waals surface area contributed by atoms with Gasteiger partial charge in [0, 0.05) is 19.6 Å². The van der Waals surface area contributed by atoms with E-state index in [0.717, 1.165) is 32.6 Å². The molecule has 20 heavy (non-hydrogen) atoms. The molecule has 0 aromatic heterocycles. The van der Waals surface area contributed by atoms with E-state index in [2.05, 4.69) is 55.3 Å². The minimum absolute atomic E-state index is 0.0373. The number of benzene rings is 1. The molecule has 1 aromatic carbocycles. The first-order chi connectivity index (χ1) is 9.48. The second kappa shape index (κ2) is 6.70. The van der Waals surface area contributed by atoms with E-state index < -0.39 is 0 Å². The molecule has 112 valence electrons. The van der Waals surface area contributed by atoms with Crippen molar-refractivity contribution in [1.82, 2.24) is 10.2 Å². The first-order valence-corrected chi connectivity index (χ1v) is 7.61. The second-order valence-corrected chi connectivity index (χ2v) is 6.53. The van der Waals surface area contributed by atoms with Crippen molar-refractivity contribution in [1.29, 1.82) is 0 Å². The Bertz CT molecular complexity index is 414. The molecule has 3 heteroatoms. The maximum absolute atomic E-state index is 5.96. The van der Waals surface area contributed by atoms with Crippen LogP contribution in [0, 0.1) is 0 Å². The fourth-order valence-electron chi connectivity index (χ4n) is 3.05. The summed E-state index contributed by atoms with van der Waals surface area (Å²) in [6.07, 6.45) is 1.41. The Balaban J connectivity index is 1.92. The fourth-order valence-corrected chi connectivity index (χ4v) is 3.05. The Morgan fingerprint density at radius 1 is 1.25 bits per heavy atom. The zero-order valence-corrected chi connectivity index (χ0v) is 13.3. The van der Waals surface area contributed by atoms with E-state index in [1.807, 2.05) is 7.05 Å². The Hall–Kier alpha value is -0.900. The molecule has 0 aliphatic carbocycles. The van der Waals surface area contributed by atoms with Crippen molar-refractivity contribution in [2.75, 3.05) is 26.7 Å². The van der Waals surface area contributed by atoms with E-state index in [1.54, 1.807) is 0 Å². The van der Waals surface area contributed by atoms with Gasteiger partial charge >= 0.3 is 0 Å². The van der Waals surface area contributed by atoms with Gasteiger partial charge in [0.1, 0.15) is 0 Å². The van der Waals surface area contributed by atoms with Crippen molar-refractivity contribution in [2.24, 2.45) is 0 Å². The number of morpholine rings is 1. The molecule has 2 rings (SSSR count). The lowest BCUT2D eigenvalue weighted by molar-refractivity contribution is -0.130. The zero-order chi connectivity index (χ0) is 14.6. The molecule has 1 fully saturated rings. The molecule has 0 amide bonds. The summed E-state index contributed by atoms with van der Waals surface area (Å²) in [5.41, 5.74) is 2.76. The van der Waals surface area contributed by atoms with Gasteiger partial charge in [0.25, 0.3) is 0 Å². The topological polar surface area (TPSA) is 24.5 Å². The van der Waals surface area contributed by atoms with Crippen LogP contribution in [-0.4, -0.2) is 43.3 Å². The van der Waals surface area contributed by atoms with Crippen LogP contribution in [-0.2, 0) is 17.7 Å². The average Bonchev–Trinajstić information content (AvgIpc) is 2.35. The quantitative estimate of drug-likeness (QED) is 0.894. The van der Waals surface area contributed by atoms with Gasteiger partial charge in [-0.2, -0.15) is 0 Å². The average molecular weight is 276 g/mol. The highest BCUT2D eigenvalue weighted by atomic mass is 16.5. The molecule has 1 aromatic rings. The highest BCUT2D eigenvalue weighted by Crippen LogP contribution is 2.22. The SMILES string of the molecule is CNCCc1ccc(CN2CC(C)OC(C)(C)C2)cc1. The monoisotopic (exact) mass is 276 g/mol. The van der Waals surface area contributed by atoms with E-state index in [1.165, 1.54) is 11.1 Å². The van der Waals surface area contributed by atoms with E-state index >= 15 is 0 Å². The van der Waals surface area contributed by atoms with E-state index in [4.69, 9.17) is 4.74 Å². The van der Waals surface area contributed by atoms with Crippen LogP contribution in [0.15, 0.2) is 24.3 Å². The lowest BCUT2D eigenvalue weighted by atomic mass is 10.0. The van der Waals surface area contributed by atoms with Gasteiger partial charge in [-0.3, -0.25) is 4.90 Å². The van der Waals surface area contributed by atoms with Crippen LogP contribution >= 0.6 is 0 Å². The van der Waals surface area contributed by atoms with E-state index in [9.17, 15) is 0 Å². The fraction of sp³-hybridized carbons (Fsp3) is 0.647. The predicted octanol–water partition coefficient (Wildman–Crippen LogP) is 2.45. The van der Waals surface area contributed by atoms with Crippen molar-refractivity contribution >= 4 is 0 Å². The normalized spacial score (nSPS) is 22.9. The molecule has 0 radical (unpaired) electrons. The van der Waals surface area contributed by atoms with Gasteiger partial charge in [-0.1, -0.05) is 24.3 Å². The summed E-state index contributed by atoms with van der Waals surface area (Å²) in [4.78, 5) is 2.50. The summed E-state index contributed by atoms with van der Waals surface area (Å²) < 4.78 is 5.96. The van der Waals surface area contributed by atoms with Gasteiger partial charge in [0.15, 0.2) is 0 Å². The van der Waals surface area contributed by atoms with Crippen LogP contribution in [0.1, 0.15) is 31.9 Å². The lowest BCUT2D eigenvalue weighted by Crippen LogP contribution is -2.51. The molecular formula is C17H28N2O. The number of hydrogen-bond acceptors (Lipinski definition) is 3. The van der Waals surface area contributed by atoms with Crippen LogP contribution in [0.2, 0.25) is 0 Å². The third-order valence-electron chi connectivity index (χ3n) is 3.73. The maximum Gasteiger partial charge on any atom is 0.0757 e. The van der Waals surface area contributed by atoms with Crippen LogP contribution < -0.4 is 5.32 Å². The summed E-state index contributed by atoms with van der Waals surface area (Å²) in [6, 6.07) is 9.03. The van der Waals surface area contributed by atoms with Gasteiger partial charge in [0.05, 0.1) is 11.7 Å². The molecule has 1 heterocycles. The third kappa shape index (κ3) is 4.58. The molecule has 0 bridgehead atoms. The summed E-state index contributed by atoms with van der Waals surface area (Å²) in [7, 11) is 2.00. The Morgan fingerprint density at radius 3 is 2.50 bits per heavy atom. The first kappa shape index (κ1) is 15.5. The minimum atomic E-state index is -0.0373. The van der Waals surface area contributed by atoms with Crippen molar-refractivity contribution in [2.45, 2.75) is 45.4 Å². The molecule has 1 atom stereocenters. The molecule has 1 saturated heterocycles.